The number of hydrogen-bond donors (Lipinski definition) is 0. The minimum Gasteiger partial charge on any atom is -0.365 e. The zero-order valence-corrected chi connectivity index (χ0v) is 9.89. The quantitative estimate of drug-likeness (QED) is 0.534. The Labute approximate surface area is 87.5 Å². The van der Waals surface area contributed by atoms with Crippen LogP contribution in [0.25, 0.3) is 0 Å². The Morgan fingerprint density at radius 1 is 1.36 bits per heavy atom. The van der Waals surface area contributed by atoms with Gasteiger partial charge in [-0.15, -0.1) is 0 Å². The van der Waals surface area contributed by atoms with Crippen molar-refractivity contribution >= 4 is 0 Å². The zero-order valence-electron chi connectivity index (χ0n) is 9.89. The van der Waals surface area contributed by atoms with Gasteiger partial charge in [0.2, 0.25) is 0 Å². The standard InChI is InChI=1S/C13H22O/c1-10-9-11-7-5-6-8-13(11,4)14-12(10,2)3/h7,10H,5-6,8-9H2,1-4H3. The van der Waals surface area contributed by atoms with E-state index in [1.807, 2.05) is 0 Å². The molecule has 1 nitrogen and oxygen atoms in total. The second-order valence-corrected chi connectivity index (χ2v) is 5.66. The van der Waals surface area contributed by atoms with Gasteiger partial charge in [0, 0.05) is 0 Å². The summed E-state index contributed by atoms with van der Waals surface area (Å²) in [6.07, 6.45) is 7.37. The molecule has 2 unspecified atom stereocenters. The van der Waals surface area contributed by atoms with Gasteiger partial charge in [-0.05, 0) is 57.9 Å². The first-order valence-electron chi connectivity index (χ1n) is 5.84. The van der Waals surface area contributed by atoms with Gasteiger partial charge in [-0.25, -0.2) is 0 Å². The van der Waals surface area contributed by atoms with Crippen molar-refractivity contribution in [3.63, 3.8) is 0 Å². The minimum absolute atomic E-state index is 0.0451. The molecule has 0 saturated carbocycles. The highest BCUT2D eigenvalue weighted by Crippen LogP contribution is 2.46. The molecule has 80 valence electrons. The third kappa shape index (κ3) is 1.52. The fourth-order valence-electron chi connectivity index (χ4n) is 2.76. The Morgan fingerprint density at radius 3 is 2.79 bits per heavy atom. The van der Waals surface area contributed by atoms with Crippen LogP contribution in [0, 0.1) is 5.92 Å². The molecule has 1 fully saturated rings. The fourth-order valence-corrected chi connectivity index (χ4v) is 2.76. The van der Waals surface area contributed by atoms with Gasteiger partial charge in [0.05, 0.1) is 11.2 Å². The van der Waals surface area contributed by atoms with Crippen LogP contribution in [0.15, 0.2) is 11.6 Å². The van der Waals surface area contributed by atoms with E-state index in [9.17, 15) is 0 Å². The lowest BCUT2D eigenvalue weighted by atomic mass is 9.73. The Bertz CT molecular complexity index is 264. The Kier molecular flexibility index (Phi) is 2.26. The fraction of sp³-hybridized carbons (Fsp3) is 0.846. The maximum Gasteiger partial charge on any atom is 0.0871 e. The summed E-state index contributed by atoms with van der Waals surface area (Å²) >= 11 is 0. The van der Waals surface area contributed by atoms with E-state index in [1.165, 1.54) is 25.7 Å². The van der Waals surface area contributed by atoms with Crippen LogP contribution in [0.4, 0.5) is 0 Å². The number of allylic oxidation sites excluding steroid dienone is 1. The van der Waals surface area contributed by atoms with Crippen molar-refractivity contribution < 1.29 is 4.74 Å². The minimum atomic E-state index is 0.0451. The van der Waals surface area contributed by atoms with Crippen molar-refractivity contribution in [2.24, 2.45) is 5.92 Å². The van der Waals surface area contributed by atoms with Crippen molar-refractivity contribution in [3.05, 3.63) is 11.6 Å². The Hall–Kier alpha value is -0.300. The molecule has 1 aliphatic carbocycles. The summed E-state index contributed by atoms with van der Waals surface area (Å²) in [7, 11) is 0. The molecule has 0 radical (unpaired) electrons. The summed E-state index contributed by atoms with van der Waals surface area (Å²) in [6.45, 7) is 9.03. The van der Waals surface area contributed by atoms with Crippen LogP contribution in [0.2, 0.25) is 0 Å². The lowest BCUT2D eigenvalue weighted by Gasteiger charge is -2.50. The van der Waals surface area contributed by atoms with E-state index in [0.717, 1.165) is 0 Å². The summed E-state index contributed by atoms with van der Waals surface area (Å²) in [5.41, 5.74) is 1.65. The number of rotatable bonds is 0. The molecule has 0 aromatic heterocycles. The van der Waals surface area contributed by atoms with Crippen LogP contribution in [0.3, 0.4) is 0 Å². The molecule has 2 atom stereocenters. The molecule has 0 bridgehead atoms. The molecule has 1 heteroatoms. The molecule has 1 heterocycles. The highest BCUT2D eigenvalue weighted by Gasteiger charge is 2.45. The van der Waals surface area contributed by atoms with E-state index < -0.39 is 0 Å². The van der Waals surface area contributed by atoms with E-state index in [-0.39, 0.29) is 11.2 Å². The zero-order chi connectivity index (χ0) is 10.4. The normalized spacial score (nSPS) is 41.4. The summed E-state index contributed by atoms with van der Waals surface area (Å²) in [6, 6.07) is 0. The third-order valence-corrected chi connectivity index (χ3v) is 4.13. The maximum atomic E-state index is 6.31. The van der Waals surface area contributed by atoms with Crippen LogP contribution in [0.5, 0.6) is 0 Å². The van der Waals surface area contributed by atoms with Gasteiger partial charge < -0.3 is 4.74 Å². The molecule has 0 aromatic rings. The summed E-state index contributed by atoms with van der Waals surface area (Å²) in [5, 5.41) is 0. The number of hydrogen-bond acceptors (Lipinski definition) is 1. The van der Waals surface area contributed by atoms with Gasteiger partial charge in [-0.3, -0.25) is 0 Å². The molecular weight excluding hydrogens is 172 g/mol. The molecule has 2 rings (SSSR count). The first kappa shape index (κ1) is 10.2. The molecule has 1 aliphatic heterocycles. The molecule has 0 spiro atoms. The van der Waals surface area contributed by atoms with Crippen LogP contribution < -0.4 is 0 Å². The lowest BCUT2D eigenvalue weighted by Crippen LogP contribution is -2.50. The predicted molar refractivity (Wildman–Crippen MR) is 59.3 cm³/mol. The largest absolute Gasteiger partial charge is 0.365 e. The molecule has 14 heavy (non-hydrogen) atoms. The number of ether oxygens (including phenoxy) is 1. The second-order valence-electron chi connectivity index (χ2n) is 5.66. The molecule has 0 aromatic carbocycles. The van der Waals surface area contributed by atoms with Crippen molar-refractivity contribution in [2.75, 3.05) is 0 Å². The van der Waals surface area contributed by atoms with E-state index in [0.29, 0.717) is 5.92 Å². The van der Waals surface area contributed by atoms with Crippen molar-refractivity contribution in [3.8, 4) is 0 Å². The van der Waals surface area contributed by atoms with Gasteiger partial charge in [0.25, 0.3) is 0 Å². The van der Waals surface area contributed by atoms with Crippen LogP contribution >= 0.6 is 0 Å². The van der Waals surface area contributed by atoms with Crippen molar-refractivity contribution in [2.45, 2.75) is 64.6 Å². The summed E-state index contributed by atoms with van der Waals surface area (Å²) in [5.74, 6) is 0.639. The smallest absolute Gasteiger partial charge is 0.0871 e. The predicted octanol–water partition coefficient (Wildman–Crippen LogP) is 3.69. The van der Waals surface area contributed by atoms with Crippen LogP contribution in [0.1, 0.15) is 53.4 Å². The molecule has 0 N–H and O–H groups in total. The average Bonchev–Trinajstić information content (AvgIpc) is 2.06. The van der Waals surface area contributed by atoms with Crippen LogP contribution in [-0.2, 0) is 4.74 Å². The van der Waals surface area contributed by atoms with Gasteiger partial charge >= 0.3 is 0 Å². The SMILES string of the molecule is CC1CC2=CCCCC2(C)OC1(C)C. The van der Waals surface area contributed by atoms with Gasteiger partial charge in [-0.2, -0.15) is 0 Å². The monoisotopic (exact) mass is 194 g/mol. The molecule has 2 aliphatic rings. The van der Waals surface area contributed by atoms with E-state index in [2.05, 4.69) is 33.8 Å². The highest BCUT2D eigenvalue weighted by molar-refractivity contribution is 5.23. The van der Waals surface area contributed by atoms with Gasteiger partial charge in [0.1, 0.15) is 0 Å². The second kappa shape index (κ2) is 3.10. The third-order valence-electron chi connectivity index (χ3n) is 4.13. The average molecular weight is 194 g/mol. The van der Waals surface area contributed by atoms with Crippen LogP contribution in [-0.4, -0.2) is 11.2 Å². The first-order chi connectivity index (χ1) is 6.44. The Morgan fingerprint density at radius 2 is 2.07 bits per heavy atom. The van der Waals surface area contributed by atoms with Gasteiger partial charge in [0.15, 0.2) is 0 Å². The molecular formula is C13H22O. The lowest BCUT2D eigenvalue weighted by molar-refractivity contribution is -0.166. The topological polar surface area (TPSA) is 9.23 Å². The summed E-state index contributed by atoms with van der Waals surface area (Å²) in [4.78, 5) is 0. The number of fused-ring (bicyclic) bond motifs is 1. The summed E-state index contributed by atoms with van der Waals surface area (Å²) < 4.78 is 6.31. The first-order valence-corrected chi connectivity index (χ1v) is 5.84. The molecule has 0 amide bonds. The Balaban J connectivity index is 2.28. The van der Waals surface area contributed by atoms with Crippen molar-refractivity contribution in [1.29, 1.82) is 0 Å². The van der Waals surface area contributed by atoms with E-state index in [1.54, 1.807) is 5.57 Å². The maximum absolute atomic E-state index is 6.31. The van der Waals surface area contributed by atoms with E-state index in [4.69, 9.17) is 4.74 Å². The van der Waals surface area contributed by atoms with Gasteiger partial charge in [-0.1, -0.05) is 13.0 Å². The molecule has 1 saturated heterocycles. The van der Waals surface area contributed by atoms with E-state index >= 15 is 0 Å². The van der Waals surface area contributed by atoms with Crippen molar-refractivity contribution in [1.82, 2.24) is 0 Å². The highest BCUT2D eigenvalue weighted by atomic mass is 16.5.